The van der Waals surface area contributed by atoms with Crippen molar-refractivity contribution in [2.75, 3.05) is 11.9 Å². The van der Waals surface area contributed by atoms with Crippen LogP contribution >= 0.6 is 0 Å². The van der Waals surface area contributed by atoms with E-state index in [2.05, 4.69) is 15.8 Å². The van der Waals surface area contributed by atoms with E-state index in [0.29, 0.717) is 17.1 Å². The first-order chi connectivity index (χ1) is 12.0. The normalized spacial score (nSPS) is 10.9. The first-order valence-electron chi connectivity index (χ1n) is 7.85. The van der Waals surface area contributed by atoms with E-state index in [-0.39, 0.29) is 18.4 Å². The third-order valence-electron chi connectivity index (χ3n) is 3.42. The van der Waals surface area contributed by atoms with Gasteiger partial charge in [0.1, 0.15) is 5.75 Å². The summed E-state index contributed by atoms with van der Waals surface area (Å²) in [5.41, 5.74) is 5.64. The second kappa shape index (κ2) is 8.63. The van der Waals surface area contributed by atoms with Crippen molar-refractivity contribution < 1.29 is 14.3 Å². The zero-order valence-electron chi connectivity index (χ0n) is 14.5. The number of rotatable bonds is 6. The van der Waals surface area contributed by atoms with Crippen molar-refractivity contribution in [3.05, 3.63) is 59.7 Å². The molecule has 2 amide bonds. The second-order valence-electron chi connectivity index (χ2n) is 5.54. The van der Waals surface area contributed by atoms with Gasteiger partial charge in [-0.1, -0.05) is 30.3 Å². The number of anilines is 1. The number of carbonyl (C=O) groups is 2. The zero-order chi connectivity index (χ0) is 18.2. The van der Waals surface area contributed by atoms with Crippen molar-refractivity contribution in [3.8, 4) is 5.75 Å². The van der Waals surface area contributed by atoms with Gasteiger partial charge in [-0.2, -0.15) is 5.10 Å². The summed E-state index contributed by atoms with van der Waals surface area (Å²) in [5.74, 6) is 0.212. The summed E-state index contributed by atoms with van der Waals surface area (Å²) in [7, 11) is 0. The molecular weight excluding hydrogens is 318 g/mol. The number of nitrogens with one attached hydrogen (secondary N) is 2. The summed E-state index contributed by atoms with van der Waals surface area (Å²) in [6, 6.07) is 14.7. The van der Waals surface area contributed by atoms with E-state index in [1.807, 2.05) is 43.3 Å². The van der Waals surface area contributed by atoms with Crippen LogP contribution in [-0.4, -0.2) is 24.1 Å². The molecule has 0 fully saturated rings. The van der Waals surface area contributed by atoms with Crippen LogP contribution in [0.15, 0.2) is 53.6 Å². The Labute approximate surface area is 146 Å². The maximum atomic E-state index is 11.8. The predicted molar refractivity (Wildman–Crippen MR) is 97.8 cm³/mol. The van der Waals surface area contributed by atoms with Gasteiger partial charge in [0, 0.05) is 12.6 Å². The van der Waals surface area contributed by atoms with Gasteiger partial charge in [0.25, 0.3) is 5.91 Å². The topological polar surface area (TPSA) is 79.8 Å². The number of carbonyl (C=O) groups excluding carboxylic acids is 2. The molecule has 25 heavy (non-hydrogen) atoms. The Morgan fingerprint density at radius 2 is 1.72 bits per heavy atom. The minimum absolute atomic E-state index is 0.108. The number of nitrogens with zero attached hydrogens (tertiary/aromatic N) is 1. The van der Waals surface area contributed by atoms with Crippen molar-refractivity contribution in [2.45, 2.75) is 20.8 Å². The van der Waals surface area contributed by atoms with E-state index in [9.17, 15) is 9.59 Å². The molecule has 0 spiro atoms. The lowest BCUT2D eigenvalue weighted by Gasteiger charge is -2.08. The Balaban J connectivity index is 1.88. The highest BCUT2D eigenvalue weighted by molar-refractivity contribution is 6.00. The molecule has 0 aliphatic heterocycles. The highest BCUT2D eigenvalue weighted by Crippen LogP contribution is 2.15. The third-order valence-corrected chi connectivity index (χ3v) is 3.42. The molecule has 2 aromatic carbocycles. The van der Waals surface area contributed by atoms with Gasteiger partial charge in [0.05, 0.1) is 5.71 Å². The van der Waals surface area contributed by atoms with Crippen LogP contribution < -0.4 is 15.5 Å². The maximum absolute atomic E-state index is 11.8. The highest BCUT2D eigenvalue weighted by atomic mass is 16.5. The fraction of sp³-hybridized carbons (Fsp3) is 0.211. The van der Waals surface area contributed by atoms with Gasteiger partial charge in [-0.15, -0.1) is 0 Å². The van der Waals surface area contributed by atoms with Crippen LogP contribution in [0.25, 0.3) is 0 Å². The average molecular weight is 339 g/mol. The van der Waals surface area contributed by atoms with Gasteiger partial charge in [-0.25, -0.2) is 5.43 Å². The van der Waals surface area contributed by atoms with Gasteiger partial charge in [-0.05, 0) is 43.2 Å². The number of ether oxygens (including phenoxy) is 1. The molecule has 2 rings (SSSR count). The van der Waals surface area contributed by atoms with E-state index in [4.69, 9.17) is 4.74 Å². The molecule has 2 N–H and O–H groups in total. The molecule has 0 unspecified atom stereocenters. The predicted octanol–water partition coefficient (Wildman–Crippen LogP) is 2.87. The lowest BCUT2D eigenvalue weighted by molar-refractivity contribution is -0.123. The summed E-state index contributed by atoms with van der Waals surface area (Å²) >= 11 is 0. The summed E-state index contributed by atoms with van der Waals surface area (Å²) < 4.78 is 5.47. The van der Waals surface area contributed by atoms with Crippen molar-refractivity contribution >= 4 is 23.2 Å². The quantitative estimate of drug-likeness (QED) is 0.627. The molecule has 6 heteroatoms. The minimum Gasteiger partial charge on any atom is -0.483 e. The van der Waals surface area contributed by atoms with E-state index >= 15 is 0 Å². The fourth-order valence-corrected chi connectivity index (χ4v) is 2.10. The molecule has 0 saturated carbocycles. The summed E-state index contributed by atoms with van der Waals surface area (Å²) in [6.45, 7) is 5.05. The second-order valence-corrected chi connectivity index (χ2v) is 5.54. The zero-order valence-corrected chi connectivity index (χ0v) is 14.5. The number of aryl methyl sites for hydroxylation is 1. The minimum atomic E-state index is -0.336. The van der Waals surface area contributed by atoms with Crippen LogP contribution in [0.5, 0.6) is 5.75 Å². The number of benzene rings is 2. The van der Waals surface area contributed by atoms with Crippen molar-refractivity contribution in [1.29, 1.82) is 0 Å². The first-order valence-corrected chi connectivity index (χ1v) is 7.85. The summed E-state index contributed by atoms with van der Waals surface area (Å²) in [4.78, 5) is 22.8. The van der Waals surface area contributed by atoms with E-state index in [1.165, 1.54) is 6.92 Å². The smallest absolute Gasteiger partial charge is 0.277 e. The SMILES string of the molecule is CC(=O)Nc1ccc(/C(C)=N\NC(=O)COc2ccccc2C)cc1. The van der Waals surface area contributed by atoms with Crippen LogP contribution in [0.1, 0.15) is 25.0 Å². The monoisotopic (exact) mass is 339 g/mol. The standard InChI is InChI=1S/C19H21N3O3/c1-13-6-4-5-7-18(13)25-12-19(24)22-21-14(2)16-8-10-17(11-9-16)20-15(3)23/h4-11H,12H2,1-3H3,(H,20,23)(H,22,24)/b21-14-. The Morgan fingerprint density at radius 1 is 1.04 bits per heavy atom. The molecule has 0 atom stereocenters. The molecule has 0 saturated heterocycles. The van der Waals surface area contributed by atoms with E-state index < -0.39 is 0 Å². The van der Waals surface area contributed by atoms with Crippen LogP contribution in [-0.2, 0) is 9.59 Å². The van der Waals surface area contributed by atoms with Gasteiger partial charge >= 0.3 is 0 Å². The molecule has 0 heterocycles. The lowest BCUT2D eigenvalue weighted by atomic mass is 10.1. The van der Waals surface area contributed by atoms with Crippen LogP contribution in [0.4, 0.5) is 5.69 Å². The van der Waals surface area contributed by atoms with Crippen molar-refractivity contribution in [3.63, 3.8) is 0 Å². The van der Waals surface area contributed by atoms with E-state index in [0.717, 1.165) is 11.1 Å². The van der Waals surface area contributed by atoms with Gasteiger partial charge in [-0.3, -0.25) is 9.59 Å². The molecule has 0 radical (unpaired) electrons. The molecule has 0 aromatic heterocycles. The largest absolute Gasteiger partial charge is 0.483 e. The van der Waals surface area contributed by atoms with Crippen molar-refractivity contribution in [1.82, 2.24) is 5.43 Å². The number of amides is 2. The molecule has 130 valence electrons. The Morgan fingerprint density at radius 3 is 2.36 bits per heavy atom. The summed E-state index contributed by atoms with van der Waals surface area (Å²) in [5, 5.41) is 6.76. The van der Waals surface area contributed by atoms with Crippen LogP contribution in [0.2, 0.25) is 0 Å². The molecule has 0 aliphatic carbocycles. The van der Waals surface area contributed by atoms with Gasteiger partial charge < -0.3 is 10.1 Å². The first kappa shape index (κ1) is 18.2. The Bertz CT molecular complexity index is 783. The fourth-order valence-electron chi connectivity index (χ4n) is 2.10. The number of para-hydroxylation sites is 1. The highest BCUT2D eigenvalue weighted by Gasteiger charge is 2.05. The summed E-state index contributed by atoms with van der Waals surface area (Å²) in [6.07, 6.45) is 0. The number of hydrogen-bond acceptors (Lipinski definition) is 4. The Hall–Kier alpha value is -3.15. The number of hydrazone groups is 1. The molecule has 0 aliphatic rings. The molecule has 2 aromatic rings. The average Bonchev–Trinajstić information content (AvgIpc) is 2.59. The number of hydrogen-bond donors (Lipinski definition) is 2. The van der Waals surface area contributed by atoms with Crippen LogP contribution in [0, 0.1) is 6.92 Å². The van der Waals surface area contributed by atoms with Gasteiger partial charge in [0.15, 0.2) is 6.61 Å². The molecule has 6 nitrogen and oxygen atoms in total. The van der Waals surface area contributed by atoms with Crippen LogP contribution in [0.3, 0.4) is 0 Å². The molecule has 0 bridgehead atoms. The van der Waals surface area contributed by atoms with E-state index in [1.54, 1.807) is 19.1 Å². The maximum Gasteiger partial charge on any atom is 0.277 e. The van der Waals surface area contributed by atoms with Crippen molar-refractivity contribution in [2.24, 2.45) is 5.10 Å². The third kappa shape index (κ3) is 5.76. The molecular formula is C19H21N3O3. The lowest BCUT2D eigenvalue weighted by Crippen LogP contribution is -2.25. The van der Waals surface area contributed by atoms with Gasteiger partial charge in [0.2, 0.25) is 5.91 Å². The Kier molecular flexibility index (Phi) is 6.28.